The van der Waals surface area contributed by atoms with Crippen molar-refractivity contribution in [2.45, 2.75) is 31.7 Å². The van der Waals surface area contributed by atoms with Crippen molar-refractivity contribution in [3.05, 3.63) is 77.4 Å². The van der Waals surface area contributed by atoms with E-state index in [9.17, 15) is 14.0 Å². The summed E-state index contributed by atoms with van der Waals surface area (Å²) >= 11 is 0. The summed E-state index contributed by atoms with van der Waals surface area (Å²) in [5.74, 6) is -0.691. The molecule has 32 heavy (non-hydrogen) atoms. The highest BCUT2D eigenvalue weighted by Crippen LogP contribution is 2.37. The summed E-state index contributed by atoms with van der Waals surface area (Å²) in [6, 6.07) is 12.9. The summed E-state index contributed by atoms with van der Waals surface area (Å²) in [6.45, 7) is 0.623. The molecule has 0 unspecified atom stereocenters. The Bertz CT molecular complexity index is 1150. The molecule has 0 aliphatic carbocycles. The average Bonchev–Trinajstić information content (AvgIpc) is 3.28. The van der Waals surface area contributed by atoms with Gasteiger partial charge in [0.25, 0.3) is 0 Å². The minimum Gasteiger partial charge on any atom is -0.368 e. The number of amides is 2. The van der Waals surface area contributed by atoms with E-state index < -0.39 is 5.91 Å². The topological polar surface area (TPSA) is 115 Å². The first-order valence-corrected chi connectivity index (χ1v) is 10.5. The van der Waals surface area contributed by atoms with Crippen LogP contribution in [0.4, 0.5) is 10.3 Å². The van der Waals surface area contributed by atoms with Crippen LogP contribution in [0.1, 0.15) is 46.9 Å². The summed E-state index contributed by atoms with van der Waals surface area (Å²) in [7, 11) is 0. The molecule has 3 aromatic rings. The zero-order chi connectivity index (χ0) is 22.7. The molecule has 1 atom stereocenters. The first-order valence-electron chi connectivity index (χ1n) is 10.5. The average molecular weight is 433 g/mol. The molecule has 2 aromatic carbocycles. The molecule has 2 heterocycles. The fraction of sp³-hybridized carbons (Fsp3) is 0.250. The SMILES string of the molecule is NC(=O)c1cccc(-c2cnc(N)nc2[C@H]2CCCN2C(=O)CCc2ccc(F)cc2)c1. The van der Waals surface area contributed by atoms with Crippen molar-refractivity contribution in [3.63, 3.8) is 0 Å². The van der Waals surface area contributed by atoms with Gasteiger partial charge in [0.15, 0.2) is 0 Å². The van der Waals surface area contributed by atoms with Crippen LogP contribution in [-0.4, -0.2) is 33.2 Å². The van der Waals surface area contributed by atoms with Gasteiger partial charge in [-0.3, -0.25) is 9.59 Å². The Morgan fingerprint density at radius 2 is 1.94 bits per heavy atom. The number of carbonyl (C=O) groups excluding carboxylic acids is 2. The minimum atomic E-state index is -0.525. The summed E-state index contributed by atoms with van der Waals surface area (Å²) in [5, 5.41) is 0. The molecule has 8 heteroatoms. The van der Waals surface area contributed by atoms with Gasteiger partial charge < -0.3 is 16.4 Å². The number of nitrogen functional groups attached to an aromatic ring is 1. The number of likely N-dealkylation sites (tertiary alicyclic amines) is 1. The van der Waals surface area contributed by atoms with Crippen LogP contribution >= 0.6 is 0 Å². The Kier molecular flexibility index (Phi) is 6.11. The second-order valence-corrected chi connectivity index (χ2v) is 7.84. The standard InChI is InChI=1S/C24H24FN5O2/c25-18-9-6-15(7-10-18)8-11-21(31)30-12-2-5-20(30)22-19(14-28-24(27)29-22)16-3-1-4-17(13-16)23(26)32/h1,3-4,6-7,9-10,13-14,20H,2,5,8,11-12H2,(H2,26,32)(H2,27,28,29)/t20-/m1/s1. The maximum atomic E-state index is 13.1. The van der Waals surface area contributed by atoms with Gasteiger partial charge in [-0.05, 0) is 54.7 Å². The molecule has 2 amide bonds. The van der Waals surface area contributed by atoms with Crippen molar-refractivity contribution in [1.82, 2.24) is 14.9 Å². The minimum absolute atomic E-state index is 0.00541. The number of benzene rings is 2. The van der Waals surface area contributed by atoms with Gasteiger partial charge in [-0.1, -0.05) is 24.3 Å². The van der Waals surface area contributed by atoms with E-state index in [-0.39, 0.29) is 23.7 Å². The maximum Gasteiger partial charge on any atom is 0.248 e. The Hall–Kier alpha value is -3.81. The third-order valence-electron chi connectivity index (χ3n) is 5.72. The summed E-state index contributed by atoms with van der Waals surface area (Å²) in [6.07, 6.45) is 4.06. The van der Waals surface area contributed by atoms with E-state index in [0.717, 1.165) is 24.0 Å². The second-order valence-electron chi connectivity index (χ2n) is 7.84. The first kappa shape index (κ1) is 21.4. The van der Waals surface area contributed by atoms with Gasteiger partial charge in [0.2, 0.25) is 17.8 Å². The van der Waals surface area contributed by atoms with Crippen molar-refractivity contribution in [3.8, 4) is 11.1 Å². The van der Waals surface area contributed by atoms with Crippen LogP contribution in [-0.2, 0) is 11.2 Å². The molecule has 4 rings (SSSR count). The molecule has 0 spiro atoms. The van der Waals surface area contributed by atoms with Crippen molar-refractivity contribution in [2.24, 2.45) is 5.73 Å². The molecule has 0 bridgehead atoms. The smallest absolute Gasteiger partial charge is 0.248 e. The van der Waals surface area contributed by atoms with Gasteiger partial charge in [0.05, 0.1) is 11.7 Å². The van der Waals surface area contributed by atoms with E-state index in [0.29, 0.717) is 36.2 Å². The lowest BCUT2D eigenvalue weighted by molar-refractivity contribution is -0.132. The Balaban J connectivity index is 1.60. The molecule has 1 aromatic heterocycles. The van der Waals surface area contributed by atoms with Crippen LogP contribution in [0.3, 0.4) is 0 Å². The van der Waals surface area contributed by atoms with E-state index in [4.69, 9.17) is 11.5 Å². The van der Waals surface area contributed by atoms with Gasteiger partial charge in [-0.2, -0.15) is 0 Å². The van der Waals surface area contributed by atoms with Gasteiger partial charge in [-0.25, -0.2) is 14.4 Å². The fourth-order valence-electron chi connectivity index (χ4n) is 4.12. The predicted octanol–water partition coefficient (Wildman–Crippen LogP) is 3.26. The largest absolute Gasteiger partial charge is 0.368 e. The third-order valence-corrected chi connectivity index (χ3v) is 5.72. The monoisotopic (exact) mass is 433 g/mol. The van der Waals surface area contributed by atoms with Crippen molar-refractivity contribution in [2.75, 3.05) is 12.3 Å². The van der Waals surface area contributed by atoms with Crippen LogP contribution < -0.4 is 11.5 Å². The molecule has 0 saturated carbocycles. The summed E-state index contributed by atoms with van der Waals surface area (Å²) in [5.41, 5.74) is 14.7. The summed E-state index contributed by atoms with van der Waals surface area (Å²) < 4.78 is 13.1. The number of halogens is 1. The molecule has 0 radical (unpaired) electrons. The van der Waals surface area contributed by atoms with Crippen molar-refractivity contribution in [1.29, 1.82) is 0 Å². The lowest BCUT2D eigenvalue weighted by atomic mass is 9.98. The molecule has 1 saturated heterocycles. The number of rotatable bonds is 6. The van der Waals surface area contributed by atoms with E-state index in [1.54, 1.807) is 36.5 Å². The Labute approximate surface area is 185 Å². The predicted molar refractivity (Wildman–Crippen MR) is 119 cm³/mol. The number of anilines is 1. The molecular formula is C24H24FN5O2. The van der Waals surface area contributed by atoms with Crippen LogP contribution in [0.5, 0.6) is 0 Å². The Morgan fingerprint density at radius 1 is 1.16 bits per heavy atom. The third kappa shape index (κ3) is 4.59. The quantitative estimate of drug-likeness (QED) is 0.619. The zero-order valence-corrected chi connectivity index (χ0v) is 17.5. The van der Waals surface area contributed by atoms with Gasteiger partial charge in [-0.15, -0.1) is 0 Å². The first-order chi connectivity index (χ1) is 15.4. The highest BCUT2D eigenvalue weighted by atomic mass is 19.1. The number of carbonyl (C=O) groups is 2. The molecule has 1 aliphatic rings. The highest BCUT2D eigenvalue weighted by Gasteiger charge is 2.33. The van der Waals surface area contributed by atoms with Gasteiger partial charge in [0.1, 0.15) is 5.82 Å². The van der Waals surface area contributed by atoms with Crippen molar-refractivity contribution < 1.29 is 14.0 Å². The van der Waals surface area contributed by atoms with Gasteiger partial charge >= 0.3 is 0 Å². The van der Waals surface area contributed by atoms with Gasteiger partial charge in [0, 0.05) is 30.3 Å². The number of hydrogen-bond acceptors (Lipinski definition) is 5. The molecular weight excluding hydrogens is 409 g/mol. The molecule has 7 nitrogen and oxygen atoms in total. The lowest BCUT2D eigenvalue weighted by Crippen LogP contribution is -2.31. The van der Waals surface area contributed by atoms with E-state index in [2.05, 4.69) is 9.97 Å². The maximum absolute atomic E-state index is 13.1. The van der Waals surface area contributed by atoms with Crippen LogP contribution in [0.25, 0.3) is 11.1 Å². The van der Waals surface area contributed by atoms with E-state index >= 15 is 0 Å². The normalized spacial score (nSPS) is 15.7. The number of aromatic nitrogens is 2. The van der Waals surface area contributed by atoms with Crippen LogP contribution in [0.2, 0.25) is 0 Å². The number of nitrogens with zero attached hydrogens (tertiary/aromatic N) is 3. The number of aryl methyl sites for hydroxylation is 1. The Morgan fingerprint density at radius 3 is 2.69 bits per heavy atom. The number of hydrogen-bond donors (Lipinski definition) is 2. The highest BCUT2D eigenvalue weighted by molar-refractivity contribution is 5.94. The van der Waals surface area contributed by atoms with E-state index in [1.165, 1.54) is 12.1 Å². The molecule has 1 aliphatic heterocycles. The van der Waals surface area contributed by atoms with Crippen LogP contribution in [0.15, 0.2) is 54.7 Å². The fourth-order valence-corrected chi connectivity index (χ4v) is 4.12. The zero-order valence-electron chi connectivity index (χ0n) is 17.5. The second kappa shape index (κ2) is 9.13. The van der Waals surface area contributed by atoms with Crippen LogP contribution in [0, 0.1) is 5.82 Å². The van der Waals surface area contributed by atoms with E-state index in [1.807, 2.05) is 11.0 Å². The number of primary amides is 1. The molecule has 1 fully saturated rings. The summed E-state index contributed by atoms with van der Waals surface area (Å²) in [4.78, 5) is 35.1. The molecule has 4 N–H and O–H groups in total. The van der Waals surface area contributed by atoms with Crippen molar-refractivity contribution >= 4 is 17.8 Å². The lowest BCUT2D eigenvalue weighted by Gasteiger charge is -2.26. The number of nitrogens with two attached hydrogens (primary N) is 2. The molecule has 164 valence electrons.